The second kappa shape index (κ2) is 32.4. The minimum atomic E-state index is 0.0606. The third-order valence-electron chi connectivity index (χ3n) is 28.2. The summed E-state index contributed by atoms with van der Waals surface area (Å²) in [5.74, 6) is 0. The Morgan fingerprint density at radius 3 is 1.09 bits per heavy atom. The third kappa shape index (κ3) is 13.9. The van der Waals surface area contributed by atoms with Gasteiger partial charge in [0, 0.05) is 86.7 Å². The van der Waals surface area contributed by atoms with E-state index in [9.17, 15) is 0 Å². The van der Waals surface area contributed by atoms with E-state index in [2.05, 4.69) is 424 Å². The molecule has 0 aliphatic rings. The van der Waals surface area contributed by atoms with Crippen molar-refractivity contribution in [3.8, 4) is 117 Å². The van der Waals surface area contributed by atoms with E-state index in [0.29, 0.717) is 0 Å². The van der Waals surface area contributed by atoms with E-state index >= 15 is 0 Å². The maximum atomic E-state index is 6.31. The Hall–Kier alpha value is -17.1. The fraction of sp³-hybridized carbons (Fsp3) is 0.0615. The standard InChI is InChI=1S/C49H36N2.C42H32N2.C39H23NO/c1-49(2,3)37-26-34-19-22-40-42(32-17-15-31(16-18-32)36-10-9-25-50-30-36)29-43(41-23-20-35(27-37)47(34)48(40)41)33-21-24-46-44(28-33)39-13-7-8-14-45(39)51(46)38-11-5-4-6-12-38;1-42(2,3)33-24-31-18-20-34-36(27-10-14-29(15-11-27)38-8-4-6-22-43-38)26-37(35-21-19-32(25-33)40(31)41(34)35)28-12-16-30(17-13-28)39-9-5-7-23-44-39;1-2-9-36-32(6-1)35-8-3-7-31(39(35)41-36)25-12-10-24(11-13-25)29-18-14-26-17-21-34-30(28-5-4-22-40-23-28)19-15-27-16-20-33(29)37(26)38(27)34/h4-30H,1-3H3;4-26H,1-3H3;1-23H. The Morgan fingerprint density at radius 1 is 0.213 bits per heavy atom. The second-order valence-corrected chi connectivity index (χ2v) is 38.3. The molecule has 6 heteroatoms. The number of nitrogens with zero attached hydrogens (tertiary/aromatic N) is 5. The van der Waals surface area contributed by atoms with Gasteiger partial charge in [0.2, 0.25) is 0 Å². The summed E-state index contributed by atoms with van der Waals surface area (Å²) in [4.78, 5) is 17.8. The van der Waals surface area contributed by atoms with Crippen molar-refractivity contribution in [2.45, 2.75) is 52.4 Å². The molecule has 0 aliphatic carbocycles. The van der Waals surface area contributed by atoms with Crippen LogP contribution in [-0.2, 0) is 10.8 Å². The van der Waals surface area contributed by atoms with Crippen molar-refractivity contribution in [3.63, 3.8) is 0 Å². The van der Waals surface area contributed by atoms with E-state index in [1.807, 2.05) is 85.7 Å². The van der Waals surface area contributed by atoms with Gasteiger partial charge < -0.3 is 8.98 Å². The lowest BCUT2D eigenvalue weighted by Crippen LogP contribution is -2.10. The van der Waals surface area contributed by atoms with E-state index in [1.165, 1.54) is 202 Å². The lowest BCUT2D eigenvalue weighted by atomic mass is 9.81. The average Bonchev–Trinajstić information content (AvgIpc) is 0.777. The molecule has 6 heterocycles. The molecule has 0 saturated carbocycles. The van der Waals surface area contributed by atoms with E-state index < -0.39 is 0 Å². The SMILES string of the molecule is CC(C)(C)c1cc2ccc3c(-c4ccc(-c5ccccn5)cc4)cc(-c4ccc(-c5ccccn5)cc4)c4ccc(c1)c2c34.CC(C)(C)c1cc2ccc3c(-c4ccc(-c5cccnc5)cc4)cc(-c4ccc5c(c4)c4ccccc4n5-c4ccccc4)c4ccc(c1)c2c34.c1cncc(-c2ccc3ccc4c(-c5ccc(-c6cccc7c6oc6ccccc67)cc5)ccc5ccc2c3c54)c1. The number of hydrogen-bond donors (Lipinski definition) is 0. The van der Waals surface area contributed by atoms with Crippen LogP contribution in [0.25, 0.3) is 258 Å². The predicted octanol–water partition coefficient (Wildman–Crippen LogP) is 35.6. The molecule has 0 spiro atoms. The quantitative estimate of drug-likeness (QED) is 0.121. The first-order valence-corrected chi connectivity index (χ1v) is 47.0. The summed E-state index contributed by atoms with van der Waals surface area (Å²) in [5.41, 5.74) is 31.7. The largest absolute Gasteiger partial charge is 0.455 e. The lowest BCUT2D eigenvalue weighted by Gasteiger charge is -2.23. The third-order valence-corrected chi connectivity index (χ3v) is 28.2. The minimum Gasteiger partial charge on any atom is -0.455 e. The molecule has 136 heavy (non-hydrogen) atoms. The number of furan rings is 1. The molecule has 642 valence electrons. The predicted molar refractivity (Wildman–Crippen MR) is 575 cm³/mol. The van der Waals surface area contributed by atoms with Gasteiger partial charge in [0.1, 0.15) is 11.2 Å². The zero-order valence-electron chi connectivity index (χ0n) is 76.3. The molecule has 0 bridgehead atoms. The summed E-state index contributed by atoms with van der Waals surface area (Å²) in [5, 5.41) is 28.2. The topological polar surface area (TPSA) is 69.6 Å². The molecule has 27 rings (SSSR count). The summed E-state index contributed by atoms with van der Waals surface area (Å²) < 4.78 is 8.70. The molecule has 0 amide bonds. The summed E-state index contributed by atoms with van der Waals surface area (Å²) in [6.07, 6.45) is 11.2. The van der Waals surface area contributed by atoms with Gasteiger partial charge in [0.15, 0.2) is 0 Å². The Labute approximate surface area is 788 Å². The Kier molecular flexibility index (Phi) is 19.3. The molecule has 0 unspecified atom stereocenters. The van der Waals surface area contributed by atoms with Gasteiger partial charge in [-0.25, -0.2) is 0 Å². The van der Waals surface area contributed by atoms with Crippen molar-refractivity contribution < 1.29 is 4.42 Å². The summed E-state index contributed by atoms with van der Waals surface area (Å²) in [7, 11) is 0. The summed E-state index contributed by atoms with van der Waals surface area (Å²) in [6.45, 7) is 13.8. The van der Waals surface area contributed by atoms with Crippen LogP contribution < -0.4 is 0 Å². The number of para-hydroxylation sites is 4. The van der Waals surface area contributed by atoms with Gasteiger partial charge in [-0.15, -0.1) is 0 Å². The fourth-order valence-corrected chi connectivity index (χ4v) is 21.4. The Morgan fingerprint density at radius 2 is 0.603 bits per heavy atom. The molecule has 0 atom stereocenters. The summed E-state index contributed by atoms with van der Waals surface area (Å²) in [6, 6.07) is 148. The van der Waals surface area contributed by atoms with Crippen LogP contribution in [0.5, 0.6) is 0 Å². The maximum Gasteiger partial charge on any atom is 0.143 e. The van der Waals surface area contributed by atoms with Crippen molar-refractivity contribution in [1.82, 2.24) is 24.5 Å². The van der Waals surface area contributed by atoms with Gasteiger partial charge in [-0.3, -0.25) is 19.9 Å². The molecule has 0 aliphatic heterocycles. The van der Waals surface area contributed by atoms with E-state index in [-0.39, 0.29) is 10.8 Å². The lowest BCUT2D eigenvalue weighted by molar-refractivity contribution is 0.591. The van der Waals surface area contributed by atoms with E-state index in [4.69, 9.17) is 4.42 Å². The van der Waals surface area contributed by atoms with Crippen LogP contribution >= 0.6 is 0 Å². The summed E-state index contributed by atoms with van der Waals surface area (Å²) >= 11 is 0. The van der Waals surface area contributed by atoms with Crippen molar-refractivity contribution in [3.05, 3.63) is 455 Å². The van der Waals surface area contributed by atoms with E-state index in [0.717, 1.165) is 66.7 Å². The molecule has 0 saturated heterocycles. The highest BCUT2D eigenvalue weighted by Crippen LogP contribution is 2.51. The van der Waals surface area contributed by atoms with Gasteiger partial charge in [0.05, 0.1) is 22.4 Å². The van der Waals surface area contributed by atoms with Crippen LogP contribution in [0, 0.1) is 0 Å². The normalized spacial score (nSPS) is 12.0. The van der Waals surface area contributed by atoms with Gasteiger partial charge >= 0.3 is 0 Å². The van der Waals surface area contributed by atoms with Gasteiger partial charge in [0.25, 0.3) is 0 Å². The molecular weight excluding hydrogens is 1650 g/mol. The Balaban J connectivity index is 0.000000109. The first-order chi connectivity index (χ1) is 66.7. The number of fused-ring (bicyclic) bond motifs is 6. The Bertz CT molecular complexity index is 9110. The monoisotopic (exact) mass is 1740 g/mol. The van der Waals surface area contributed by atoms with Crippen LogP contribution in [0.15, 0.2) is 448 Å². The number of benzene rings is 21. The first kappa shape index (κ1) is 81.0. The number of rotatable bonds is 11. The van der Waals surface area contributed by atoms with Gasteiger partial charge in [-0.05, 0) is 282 Å². The van der Waals surface area contributed by atoms with Crippen LogP contribution in [0.3, 0.4) is 0 Å². The fourth-order valence-electron chi connectivity index (χ4n) is 21.4. The minimum absolute atomic E-state index is 0.0606. The highest BCUT2D eigenvalue weighted by Gasteiger charge is 2.26. The van der Waals surface area contributed by atoms with Crippen LogP contribution in [0.2, 0.25) is 0 Å². The zero-order valence-corrected chi connectivity index (χ0v) is 76.3. The molecular formula is C130H91N5O. The zero-order chi connectivity index (χ0) is 91.0. The maximum absolute atomic E-state index is 6.31. The van der Waals surface area contributed by atoms with Crippen molar-refractivity contribution in [1.29, 1.82) is 0 Å². The highest BCUT2D eigenvalue weighted by molar-refractivity contribution is 6.32. The second-order valence-electron chi connectivity index (χ2n) is 38.3. The van der Waals surface area contributed by atoms with Crippen LogP contribution in [0.4, 0.5) is 0 Å². The van der Waals surface area contributed by atoms with Crippen LogP contribution in [0.1, 0.15) is 52.7 Å². The molecule has 0 N–H and O–H groups in total. The van der Waals surface area contributed by atoms with E-state index in [1.54, 1.807) is 0 Å². The molecule has 21 aromatic carbocycles. The van der Waals surface area contributed by atoms with Crippen molar-refractivity contribution in [2.24, 2.45) is 0 Å². The van der Waals surface area contributed by atoms with Crippen LogP contribution in [-0.4, -0.2) is 24.5 Å². The van der Waals surface area contributed by atoms with Crippen molar-refractivity contribution in [2.75, 3.05) is 0 Å². The number of pyridine rings is 4. The number of aromatic nitrogens is 5. The van der Waals surface area contributed by atoms with Crippen molar-refractivity contribution >= 4 is 141 Å². The first-order valence-electron chi connectivity index (χ1n) is 47.0. The molecule has 0 fully saturated rings. The molecule has 27 aromatic rings. The molecule has 6 aromatic heterocycles. The molecule has 0 radical (unpaired) electrons. The average molecular weight is 1740 g/mol. The van der Waals surface area contributed by atoms with Gasteiger partial charge in [-0.2, -0.15) is 0 Å². The highest BCUT2D eigenvalue weighted by atomic mass is 16.3. The molecule has 6 nitrogen and oxygen atoms in total. The smallest absolute Gasteiger partial charge is 0.143 e. The number of hydrogen-bond acceptors (Lipinski definition) is 5. The van der Waals surface area contributed by atoms with Gasteiger partial charge in [-0.1, -0.05) is 363 Å².